The Bertz CT molecular complexity index is 783. The van der Waals surface area contributed by atoms with Gasteiger partial charge in [0.15, 0.2) is 5.82 Å². The molecule has 2 heterocycles. The Balaban J connectivity index is 1.47. The standard InChI is InChI=1S/C17H21N5O4/c1-13-12-16(19-26-13)18-17(23)6-7-20-8-10-21(11-9-20)14-4-2-3-5-15(14)22(24)25/h2-5,12H,6-11H2,1H3,(H,18,19,23). The zero-order chi connectivity index (χ0) is 18.5. The van der Waals surface area contributed by atoms with E-state index < -0.39 is 0 Å². The summed E-state index contributed by atoms with van der Waals surface area (Å²) in [6, 6.07) is 8.46. The van der Waals surface area contributed by atoms with Crippen molar-refractivity contribution in [2.24, 2.45) is 0 Å². The van der Waals surface area contributed by atoms with Crippen molar-refractivity contribution in [3.63, 3.8) is 0 Å². The van der Waals surface area contributed by atoms with Gasteiger partial charge in [0, 0.05) is 51.3 Å². The number of rotatable bonds is 6. The van der Waals surface area contributed by atoms with E-state index in [-0.39, 0.29) is 16.5 Å². The number of anilines is 2. The number of aryl methyl sites for hydroxylation is 1. The lowest BCUT2D eigenvalue weighted by molar-refractivity contribution is -0.384. The molecular weight excluding hydrogens is 338 g/mol. The fourth-order valence-corrected chi connectivity index (χ4v) is 2.99. The summed E-state index contributed by atoms with van der Waals surface area (Å²) < 4.78 is 4.91. The third kappa shape index (κ3) is 4.37. The van der Waals surface area contributed by atoms with Gasteiger partial charge in [-0.25, -0.2) is 0 Å². The van der Waals surface area contributed by atoms with Crippen LogP contribution in [0.25, 0.3) is 0 Å². The monoisotopic (exact) mass is 359 g/mol. The molecule has 1 fully saturated rings. The van der Waals surface area contributed by atoms with Crippen LogP contribution >= 0.6 is 0 Å². The van der Waals surface area contributed by atoms with Gasteiger partial charge < -0.3 is 14.7 Å². The summed E-state index contributed by atoms with van der Waals surface area (Å²) in [6.07, 6.45) is 0.359. The minimum absolute atomic E-state index is 0.112. The minimum Gasteiger partial charge on any atom is -0.363 e. The highest BCUT2D eigenvalue weighted by Gasteiger charge is 2.23. The predicted octanol–water partition coefficient (Wildman–Crippen LogP) is 2.04. The summed E-state index contributed by atoms with van der Waals surface area (Å²) in [6.45, 7) is 5.28. The quantitative estimate of drug-likeness (QED) is 0.621. The summed E-state index contributed by atoms with van der Waals surface area (Å²) in [5.41, 5.74) is 0.777. The number of nitro benzene ring substituents is 1. The number of nitrogens with one attached hydrogen (secondary N) is 1. The van der Waals surface area contributed by atoms with E-state index in [4.69, 9.17) is 4.52 Å². The maximum Gasteiger partial charge on any atom is 0.292 e. The number of amides is 1. The first-order chi connectivity index (χ1) is 12.5. The fourth-order valence-electron chi connectivity index (χ4n) is 2.99. The average molecular weight is 359 g/mol. The number of nitrogens with zero attached hydrogens (tertiary/aromatic N) is 4. The van der Waals surface area contributed by atoms with Gasteiger partial charge in [-0.3, -0.25) is 19.8 Å². The summed E-state index contributed by atoms with van der Waals surface area (Å²) >= 11 is 0. The van der Waals surface area contributed by atoms with E-state index in [0.717, 1.165) is 13.1 Å². The van der Waals surface area contributed by atoms with Crippen LogP contribution in [0.2, 0.25) is 0 Å². The predicted molar refractivity (Wildman–Crippen MR) is 96.2 cm³/mol. The zero-order valence-corrected chi connectivity index (χ0v) is 14.6. The maximum absolute atomic E-state index is 12.0. The Hall–Kier alpha value is -2.94. The molecule has 1 aromatic heterocycles. The first kappa shape index (κ1) is 17.9. The SMILES string of the molecule is Cc1cc(NC(=O)CCN2CCN(c3ccccc3[N+](=O)[O-])CC2)no1. The van der Waals surface area contributed by atoms with E-state index in [0.29, 0.717) is 43.3 Å². The van der Waals surface area contributed by atoms with Crippen LogP contribution in [-0.2, 0) is 4.79 Å². The van der Waals surface area contributed by atoms with Crippen LogP contribution in [0.5, 0.6) is 0 Å². The highest BCUT2D eigenvalue weighted by molar-refractivity contribution is 5.89. The molecule has 1 amide bonds. The van der Waals surface area contributed by atoms with Crippen molar-refractivity contribution in [1.82, 2.24) is 10.1 Å². The van der Waals surface area contributed by atoms with Gasteiger partial charge in [-0.05, 0) is 13.0 Å². The van der Waals surface area contributed by atoms with E-state index >= 15 is 0 Å². The molecule has 0 unspecified atom stereocenters. The van der Waals surface area contributed by atoms with Crippen LogP contribution < -0.4 is 10.2 Å². The second kappa shape index (κ2) is 7.96. The number of nitro groups is 1. The number of para-hydroxylation sites is 2. The molecule has 0 aliphatic carbocycles. The molecular formula is C17H21N5O4. The van der Waals surface area contributed by atoms with Crippen molar-refractivity contribution in [2.45, 2.75) is 13.3 Å². The van der Waals surface area contributed by atoms with Gasteiger partial charge in [0.1, 0.15) is 11.4 Å². The van der Waals surface area contributed by atoms with E-state index in [9.17, 15) is 14.9 Å². The first-order valence-electron chi connectivity index (χ1n) is 8.47. The largest absolute Gasteiger partial charge is 0.363 e. The second-order valence-corrected chi connectivity index (χ2v) is 6.20. The van der Waals surface area contributed by atoms with Gasteiger partial charge in [0.25, 0.3) is 5.69 Å². The Morgan fingerprint density at radius 1 is 1.31 bits per heavy atom. The number of piperazine rings is 1. The number of aromatic nitrogens is 1. The normalized spacial score (nSPS) is 15.0. The van der Waals surface area contributed by atoms with Crippen molar-refractivity contribution in [2.75, 3.05) is 42.9 Å². The number of benzene rings is 1. The van der Waals surface area contributed by atoms with Crippen LogP contribution in [-0.4, -0.2) is 53.6 Å². The third-order valence-electron chi connectivity index (χ3n) is 4.34. The van der Waals surface area contributed by atoms with Crippen molar-refractivity contribution in [3.8, 4) is 0 Å². The van der Waals surface area contributed by atoms with Crippen molar-refractivity contribution >= 4 is 23.1 Å². The molecule has 26 heavy (non-hydrogen) atoms. The Kier molecular flexibility index (Phi) is 5.47. The van der Waals surface area contributed by atoms with E-state index in [1.165, 1.54) is 6.07 Å². The average Bonchev–Trinajstić information content (AvgIpc) is 3.05. The van der Waals surface area contributed by atoms with E-state index in [1.807, 2.05) is 11.0 Å². The Morgan fingerprint density at radius 3 is 2.69 bits per heavy atom. The molecule has 0 spiro atoms. The Morgan fingerprint density at radius 2 is 2.04 bits per heavy atom. The van der Waals surface area contributed by atoms with Crippen molar-refractivity contribution < 1.29 is 14.2 Å². The molecule has 1 aliphatic heterocycles. The van der Waals surface area contributed by atoms with E-state index in [1.54, 1.807) is 25.1 Å². The molecule has 2 aromatic rings. The van der Waals surface area contributed by atoms with Gasteiger partial charge in [-0.2, -0.15) is 0 Å². The lowest BCUT2D eigenvalue weighted by Gasteiger charge is -2.35. The second-order valence-electron chi connectivity index (χ2n) is 6.20. The number of carbonyl (C=O) groups excluding carboxylic acids is 1. The lowest BCUT2D eigenvalue weighted by Crippen LogP contribution is -2.47. The summed E-state index contributed by atoms with van der Waals surface area (Å²) in [7, 11) is 0. The van der Waals surface area contributed by atoms with Crippen LogP contribution in [0.4, 0.5) is 17.2 Å². The highest BCUT2D eigenvalue weighted by Crippen LogP contribution is 2.28. The number of hydrogen-bond acceptors (Lipinski definition) is 7. The van der Waals surface area contributed by atoms with Gasteiger partial charge in [-0.15, -0.1) is 0 Å². The smallest absolute Gasteiger partial charge is 0.292 e. The molecule has 0 radical (unpaired) electrons. The van der Waals surface area contributed by atoms with Crippen LogP contribution in [0.15, 0.2) is 34.9 Å². The molecule has 1 saturated heterocycles. The maximum atomic E-state index is 12.0. The van der Waals surface area contributed by atoms with Crippen LogP contribution in [0, 0.1) is 17.0 Å². The van der Waals surface area contributed by atoms with Gasteiger partial charge in [0.2, 0.25) is 5.91 Å². The Labute approximate surface area is 150 Å². The van der Waals surface area contributed by atoms with Gasteiger partial charge in [-0.1, -0.05) is 17.3 Å². The molecule has 9 nitrogen and oxygen atoms in total. The molecule has 0 bridgehead atoms. The van der Waals surface area contributed by atoms with Crippen molar-refractivity contribution in [1.29, 1.82) is 0 Å². The van der Waals surface area contributed by atoms with Crippen molar-refractivity contribution in [3.05, 3.63) is 46.2 Å². The zero-order valence-electron chi connectivity index (χ0n) is 14.6. The van der Waals surface area contributed by atoms with Crippen LogP contribution in [0.3, 0.4) is 0 Å². The third-order valence-corrected chi connectivity index (χ3v) is 4.34. The van der Waals surface area contributed by atoms with E-state index in [2.05, 4.69) is 15.4 Å². The highest BCUT2D eigenvalue weighted by atomic mass is 16.6. The van der Waals surface area contributed by atoms with Gasteiger partial charge in [0.05, 0.1) is 4.92 Å². The molecule has 9 heteroatoms. The van der Waals surface area contributed by atoms with Gasteiger partial charge >= 0.3 is 0 Å². The molecule has 3 rings (SSSR count). The minimum atomic E-state index is -0.350. The number of hydrogen-bond donors (Lipinski definition) is 1. The molecule has 1 aliphatic rings. The first-order valence-corrected chi connectivity index (χ1v) is 8.47. The fraction of sp³-hybridized carbons (Fsp3) is 0.412. The summed E-state index contributed by atoms with van der Waals surface area (Å²) in [4.78, 5) is 27.0. The molecule has 0 saturated carbocycles. The molecule has 1 aromatic carbocycles. The molecule has 0 atom stereocenters. The molecule has 138 valence electrons. The number of carbonyl (C=O) groups is 1. The summed E-state index contributed by atoms with van der Waals surface area (Å²) in [5, 5.41) is 17.6. The van der Waals surface area contributed by atoms with Crippen LogP contribution in [0.1, 0.15) is 12.2 Å². The topological polar surface area (TPSA) is 105 Å². The molecule has 1 N–H and O–H groups in total. The lowest BCUT2D eigenvalue weighted by atomic mass is 10.2. The summed E-state index contributed by atoms with van der Waals surface area (Å²) in [5.74, 6) is 0.958.